The van der Waals surface area contributed by atoms with Gasteiger partial charge in [-0.25, -0.2) is 0 Å². The molecular weight excluding hydrogens is 771 g/mol. The van der Waals surface area contributed by atoms with Crippen LogP contribution in [0, 0.1) is 47.3 Å². The number of morpholine rings is 2. The van der Waals surface area contributed by atoms with Crippen LogP contribution in [-0.2, 0) is 9.47 Å². The molecule has 10 aliphatic rings. The first-order valence-corrected chi connectivity index (χ1v) is 26.8. The van der Waals surface area contributed by atoms with Gasteiger partial charge in [0.15, 0.2) is 0 Å². The molecule has 0 bridgehead atoms. The van der Waals surface area contributed by atoms with E-state index in [1.165, 1.54) is 130 Å². The molecule has 1 aromatic heterocycles. The lowest BCUT2D eigenvalue weighted by Crippen LogP contribution is -2.64. The number of rotatable bonds is 3. The Morgan fingerprint density at radius 2 is 0.984 bits per heavy atom. The number of fused-ring (bicyclic) bond motifs is 13. The summed E-state index contributed by atoms with van der Waals surface area (Å²) < 4.78 is 17.1. The molecule has 5 heterocycles. The first-order valence-electron chi connectivity index (χ1n) is 26.8. The Bertz CT molecular complexity index is 2370. The maximum atomic E-state index is 7.24. The third kappa shape index (κ3) is 5.99. The second kappa shape index (κ2) is 14.9. The molecule has 5 heteroatoms. The van der Waals surface area contributed by atoms with Gasteiger partial charge in [0.25, 0.3) is 0 Å². The van der Waals surface area contributed by atoms with Crippen molar-refractivity contribution in [1.29, 1.82) is 0 Å². The average molecular weight is 846 g/mol. The second-order valence-electron chi connectivity index (χ2n) is 24.4. The predicted octanol–water partition coefficient (Wildman–Crippen LogP) is 12.7. The van der Waals surface area contributed by atoms with E-state index in [1.54, 1.807) is 11.1 Å². The SMILES string of the molecule is CC1CCC2C(C1)OC1CC(C)CC3C4CC(c5cc(C6CCC7C(C6)C6CC(C)CC8OC9CC(C)CCC9N7C86)c6c(c5)c5ccccc5n6-c5ccccc5)CCC4N2C13. The maximum Gasteiger partial charge on any atom is 0.0740 e. The first-order chi connectivity index (χ1) is 30.8. The lowest BCUT2D eigenvalue weighted by Gasteiger charge is -2.55. The normalized spacial score (nSPS) is 46.7. The first kappa shape index (κ1) is 39.5. The van der Waals surface area contributed by atoms with Crippen molar-refractivity contribution in [3.8, 4) is 5.69 Å². The highest BCUT2D eigenvalue weighted by molar-refractivity contribution is 6.10. The van der Waals surface area contributed by atoms with Crippen molar-refractivity contribution >= 4 is 21.8 Å². The Balaban J connectivity index is 0.862. The highest BCUT2D eigenvalue weighted by Gasteiger charge is 2.63. The van der Waals surface area contributed by atoms with E-state index in [-0.39, 0.29) is 0 Å². The van der Waals surface area contributed by atoms with Crippen LogP contribution in [-0.4, -0.2) is 75.0 Å². The quantitative estimate of drug-likeness (QED) is 0.205. The molecule has 4 aliphatic heterocycles. The zero-order valence-electron chi connectivity index (χ0n) is 38.9. The van der Waals surface area contributed by atoms with Crippen molar-refractivity contribution in [3.63, 3.8) is 0 Å². The van der Waals surface area contributed by atoms with Gasteiger partial charge in [-0.1, -0.05) is 70.2 Å². The molecule has 3 aromatic carbocycles. The summed E-state index contributed by atoms with van der Waals surface area (Å²) in [4.78, 5) is 6.36. The molecule has 0 spiro atoms. The van der Waals surface area contributed by atoms with Crippen molar-refractivity contribution in [2.24, 2.45) is 47.3 Å². The van der Waals surface area contributed by atoms with Crippen LogP contribution in [0.4, 0.5) is 0 Å². The topological polar surface area (TPSA) is 29.9 Å². The van der Waals surface area contributed by atoms with Gasteiger partial charge in [-0.05, 0) is 197 Å². The van der Waals surface area contributed by atoms with Crippen LogP contribution >= 0.6 is 0 Å². The van der Waals surface area contributed by atoms with E-state index in [1.807, 2.05) is 0 Å². The van der Waals surface area contributed by atoms with E-state index in [0.29, 0.717) is 60.4 Å². The van der Waals surface area contributed by atoms with Crippen molar-refractivity contribution in [2.75, 3.05) is 0 Å². The van der Waals surface area contributed by atoms with Crippen molar-refractivity contribution < 1.29 is 9.47 Å². The minimum absolute atomic E-state index is 0.442. The third-order valence-corrected chi connectivity index (χ3v) is 20.8. The van der Waals surface area contributed by atoms with Crippen molar-refractivity contribution in [1.82, 2.24) is 14.4 Å². The predicted molar refractivity (Wildman–Crippen MR) is 254 cm³/mol. The number of aromatic nitrogens is 1. The number of hydrogen-bond acceptors (Lipinski definition) is 4. The fourth-order valence-electron chi connectivity index (χ4n) is 18.6. The monoisotopic (exact) mass is 846 g/mol. The van der Waals surface area contributed by atoms with Gasteiger partial charge in [0, 0.05) is 52.7 Å². The van der Waals surface area contributed by atoms with Gasteiger partial charge >= 0.3 is 0 Å². The lowest BCUT2D eigenvalue weighted by molar-refractivity contribution is -0.187. The maximum absolute atomic E-state index is 7.24. The fourth-order valence-corrected chi connectivity index (χ4v) is 18.6. The lowest BCUT2D eigenvalue weighted by atomic mass is 9.65. The summed E-state index contributed by atoms with van der Waals surface area (Å²) in [5, 5.41) is 2.95. The molecule has 20 unspecified atom stereocenters. The fraction of sp³-hybridized carbons (Fsp3) is 0.690. The van der Waals surface area contributed by atoms with Crippen LogP contribution in [0.3, 0.4) is 0 Å². The van der Waals surface area contributed by atoms with Gasteiger partial charge in [-0.2, -0.15) is 0 Å². The van der Waals surface area contributed by atoms with Crippen LogP contribution in [0.1, 0.15) is 153 Å². The largest absolute Gasteiger partial charge is 0.372 e. The number of para-hydroxylation sites is 2. The van der Waals surface area contributed by atoms with Gasteiger partial charge in [0.1, 0.15) is 0 Å². The van der Waals surface area contributed by atoms with Crippen LogP contribution in [0.2, 0.25) is 0 Å². The van der Waals surface area contributed by atoms with E-state index in [9.17, 15) is 0 Å². The standard InChI is InChI=1S/C58H75N3O2/c1-32-14-18-50-52(24-32)62-54-26-34(3)22-44-42-28-36(16-20-48(42)60(50)57(44)54)38-30-41(56-46(31-38)40-12-8-9-13-47(40)59(56)39-10-6-5-7-11-39)37-17-21-49-43(29-37)45-23-35(4)27-55-58(45)61(49)51-19-15-33(2)25-53(51)63-55/h5-13,30-37,42-45,48-55,57-58H,14-29H2,1-4H3. The van der Waals surface area contributed by atoms with Crippen LogP contribution in [0.15, 0.2) is 66.7 Å². The summed E-state index contributed by atoms with van der Waals surface area (Å²) in [7, 11) is 0. The van der Waals surface area contributed by atoms with Gasteiger partial charge < -0.3 is 14.0 Å². The van der Waals surface area contributed by atoms with E-state index >= 15 is 0 Å². The Kier molecular flexibility index (Phi) is 9.33. The highest BCUT2D eigenvalue weighted by atomic mass is 16.5. The van der Waals surface area contributed by atoms with Crippen molar-refractivity contribution in [2.45, 2.75) is 203 Å². The number of hydrogen-bond donors (Lipinski definition) is 0. The van der Waals surface area contributed by atoms with E-state index in [2.05, 4.69) is 109 Å². The van der Waals surface area contributed by atoms with Crippen LogP contribution < -0.4 is 0 Å². The molecule has 0 amide bonds. The molecule has 334 valence electrons. The molecule has 4 aromatic rings. The summed E-state index contributed by atoms with van der Waals surface area (Å²) in [5.74, 6) is 7.50. The molecule has 20 atom stereocenters. The highest BCUT2D eigenvalue weighted by Crippen LogP contribution is 2.60. The molecule has 14 rings (SSSR count). The van der Waals surface area contributed by atoms with Gasteiger partial charge in [0.05, 0.1) is 35.4 Å². The van der Waals surface area contributed by atoms with E-state index in [4.69, 9.17) is 9.47 Å². The molecule has 0 N–H and O–H groups in total. The molecule has 6 aliphatic carbocycles. The van der Waals surface area contributed by atoms with Gasteiger partial charge in [-0.3, -0.25) is 9.80 Å². The average Bonchev–Trinajstić information content (AvgIpc) is 3.92. The summed E-state index contributed by atoms with van der Waals surface area (Å²) in [5.41, 5.74) is 7.54. The molecule has 63 heavy (non-hydrogen) atoms. The van der Waals surface area contributed by atoms with Gasteiger partial charge in [0.2, 0.25) is 0 Å². The molecule has 6 saturated carbocycles. The molecule has 4 saturated heterocycles. The molecular formula is C58H75N3O2. The zero-order valence-corrected chi connectivity index (χ0v) is 38.9. The molecule has 10 fully saturated rings. The summed E-state index contributed by atoms with van der Waals surface area (Å²) in [6, 6.07) is 30.5. The Hall–Kier alpha value is -2.70. The Morgan fingerprint density at radius 1 is 0.444 bits per heavy atom. The molecule has 5 nitrogen and oxygen atoms in total. The third-order valence-electron chi connectivity index (χ3n) is 20.8. The smallest absolute Gasteiger partial charge is 0.0740 e. The van der Waals surface area contributed by atoms with Gasteiger partial charge in [-0.15, -0.1) is 0 Å². The molecule has 0 radical (unpaired) electrons. The zero-order chi connectivity index (χ0) is 41.8. The summed E-state index contributed by atoms with van der Waals surface area (Å²) >= 11 is 0. The minimum Gasteiger partial charge on any atom is -0.372 e. The number of ether oxygens (including phenoxy) is 2. The Labute approximate surface area is 378 Å². The van der Waals surface area contributed by atoms with Crippen LogP contribution in [0.25, 0.3) is 27.5 Å². The summed E-state index contributed by atoms with van der Waals surface area (Å²) in [6.07, 6.45) is 23.3. The van der Waals surface area contributed by atoms with Crippen LogP contribution in [0.5, 0.6) is 0 Å². The Morgan fingerprint density at radius 3 is 1.62 bits per heavy atom. The second-order valence-corrected chi connectivity index (χ2v) is 24.4. The summed E-state index contributed by atoms with van der Waals surface area (Å²) in [6.45, 7) is 10.1. The minimum atomic E-state index is 0.442. The van der Waals surface area contributed by atoms with Crippen molar-refractivity contribution in [3.05, 3.63) is 77.9 Å². The van der Waals surface area contributed by atoms with E-state index in [0.717, 1.165) is 59.4 Å². The van der Waals surface area contributed by atoms with E-state index < -0.39 is 0 Å². The number of nitrogens with zero attached hydrogens (tertiary/aromatic N) is 3. The number of benzene rings is 3.